The highest BCUT2D eigenvalue weighted by Gasteiger charge is 2.50. The van der Waals surface area contributed by atoms with Crippen molar-refractivity contribution in [2.75, 3.05) is 20.3 Å². The number of alkyl halides is 1. The molecule has 2 aromatic heterocycles. The lowest BCUT2D eigenvalue weighted by atomic mass is 9.81. The Morgan fingerprint density at radius 1 is 1.29 bits per heavy atom. The average Bonchev–Trinajstić information content (AvgIpc) is 3.94. The second-order valence-corrected chi connectivity index (χ2v) is 12.7. The van der Waals surface area contributed by atoms with Crippen molar-refractivity contribution < 1.29 is 33.0 Å². The van der Waals surface area contributed by atoms with Gasteiger partial charge in [0.05, 0.1) is 24.4 Å². The number of aliphatic hydroxyl groups is 1. The molecule has 234 valence electrons. The molecule has 0 bridgehead atoms. The molecule has 1 unspecified atom stereocenters. The topological polar surface area (TPSA) is 142 Å². The van der Waals surface area contributed by atoms with Crippen molar-refractivity contribution in [3.05, 3.63) is 70.3 Å². The van der Waals surface area contributed by atoms with Gasteiger partial charge >= 0.3 is 0 Å². The first kappa shape index (κ1) is 29.4. The number of pyridine rings is 1. The molecular weight excluding hydrogens is 608 g/mol. The van der Waals surface area contributed by atoms with Crippen molar-refractivity contribution in [3.8, 4) is 22.8 Å². The first-order chi connectivity index (χ1) is 21.4. The Labute approximate surface area is 261 Å². The Kier molecular flexibility index (Phi) is 6.61. The zero-order valence-electron chi connectivity index (χ0n) is 24.5. The van der Waals surface area contributed by atoms with Crippen LogP contribution < -0.4 is 20.5 Å². The number of methoxy groups -OCH3 is 1. The number of fused-ring (bicyclic) bond motifs is 2. The summed E-state index contributed by atoms with van der Waals surface area (Å²) in [6.45, 7) is 1.31. The van der Waals surface area contributed by atoms with Crippen LogP contribution in [-0.2, 0) is 21.6 Å². The number of carbonyl (C=O) groups is 2. The average molecular weight is 638 g/mol. The number of nitrogens with zero attached hydrogens (tertiary/aromatic N) is 3. The molecule has 3 aliphatic rings. The smallest absolute Gasteiger partial charge is 0.251 e. The fourth-order valence-electron chi connectivity index (χ4n) is 5.93. The van der Waals surface area contributed by atoms with Crippen molar-refractivity contribution in [1.29, 1.82) is 0 Å². The molecule has 2 aromatic carbocycles. The third kappa shape index (κ3) is 4.69. The van der Waals surface area contributed by atoms with Gasteiger partial charge in [0, 0.05) is 41.1 Å². The summed E-state index contributed by atoms with van der Waals surface area (Å²) in [6.07, 6.45) is 3.60. The molecule has 4 N–H and O–H groups in total. The fraction of sp³-hybridized carbons (Fsp3) is 0.375. The van der Waals surface area contributed by atoms with E-state index in [9.17, 15) is 23.5 Å². The Balaban J connectivity index is 1.26. The molecule has 2 saturated carbocycles. The van der Waals surface area contributed by atoms with E-state index in [1.165, 1.54) is 30.0 Å². The summed E-state index contributed by atoms with van der Waals surface area (Å²) in [7, 11) is 1.44. The maximum absolute atomic E-state index is 14.7. The Bertz CT molecular complexity index is 1910. The largest absolute Gasteiger partial charge is 0.494 e. The number of hydrogen-bond donors (Lipinski definition) is 3. The molecule has 7 rings (SSSR count). The van der Waals surface area contributed by atoms with Crippen LogP contribution in [0.15, 0.2) is 42.6 Å². The lowest BCUT2D eigenvalue weighted by Gasteiger charge is -2.30. The second-order valence-electron chi connectivity index (χ2n) is 12.3. The Hall–Kier alpha value is -4.29. The van der Waals surface area contributed by atoms with E-state index in [0.29, 0.717) is 47.9 Å². The van der Waals surface area contributed by atoms with E-state index in [-0.39, 0.29) is 52.4 Å². The lowest BCUT2D eigenvalue weighted by molar-refractivity contribution is -0.123. The number of amides is 2. The van der Waals surface area contributed by atoms with Gasteiger partial charge in [0.1, 0.15) is 46.1 Å². The van der Waals surface area contributed by atoms with Gasteiger partial charge in [0.15, 0.2) is 0 Å². The molecule has 0 spiro atoms. The molecule has 0 radical (unpaired) electrons. The highest BCUT2D eigenvalue weighted by molar-refractivity contribution is 6.33. The van der Waals surface area contributed by atoms with Crippen molar-refractivity contribution >= 4 is 34.3 Å². The number of ether oxygens (including phenoxy) is 2. The number of rotatable bonds is 9. The van der Waals surface area contributed by atoms with Gasteiger partial charge in [0.25, 0.3) is 5.91 Å². The molecular formula is C32H30ClF2N5O5. The fourth-order valence-corrected chi connectivity index (χ4v) is 6.14. The SMILES string of the molecule is COc1cc(C(=O)NCC(O)(c2cc3c(c(-c4cccc(F)c4Cl)n2)OC[C@]3(C)C(N)=O)C2CC2)cc2cn(C3(F)CC3)nc12. The van der Waals surface area contributed by atoms with E-state index in [4.69, 9.17) is 31.8 Å². The van der Waals surface area contributed by atoms with Crippen molar-refractivity contribution in [3.63, 3.8) is 0 Å². The van der Waals surface area contributed by atoms with Gasteiger partial charge in [-0.1, -0.05) is 23.7 Å². The third-order valence-corrected chi connectivity index (χ3v) is 9.55. The van der Waals surface area contributed by atoms with Crippen molar-refractivity contribution in [1.82, 2.24) is 20.1 Å². The number of nitrogens with two attached hydrogens (primary N) is 1. The summed E-state index contributed by atoms with van der Waals surface area (Å²) in [5, 5.41) is 19.7. The molecule has 13 heteroatoms. The Morgan fingerprint density at radius 3 is 2.71 bits per heavy atom. The predicted octanol–water partition coefficient (Wildman–Crippen LogP) is 4.48. The van der Waals surface area contributed by atoms with Gasteiger partial charge in [-0.25, -0.2) is 18.4 Å². The monoisotopic (exact) mass is 637 g/mol. The van der Waals surface area contributed by atoms with Crippen molar-refractivity contribution in [2.45, 2.75) is 49.4 Å². The number of halogens is 3. The first-order valence-corrected chi connectivity index (χ1v) is 15.0. The number of aromatic nitrogens is 3. The molecule has 45 heavy (non-hydrogen) atoms. The van der Waals surface area contributed by atoms with Gasteiger partial charge in [-0.15, -0.1) is 0 Å². The predicted molar refractivity (Wildman–Crippen MR) is 160 cm³/mol. The quantitative estimate of drug-likeness (QED) is 0.246. The molecule has 1 aliphatic heterocycles. The summed E-state index contributed by atoms with van der Waals surface area (Å²) in [5.41, 5.74) is 4.42. The number of nitrogens with one attached hydrogen (secondary N) is 1. The molecule has 10 nitrogen and oxygen atoms in total. The summed E-state index contributed by atoms with van der Waals surface area (Å²) in [4.78, 5) is 30.9. The maximum atomic E-state index is 14.7. The molecule has 2 fully saturated rings. The molecule has 0 saturated heterocycles. The number of primary amides is 1. The van der Waals surface area contributed by atoms with Crippen LogP contribution in [0.3, 0.4) is 0 Å². The van der Waals surface area contributed by atoms with Crippen LogP contribution in [0.4, 0.5) is 8.78 Å². The minimum absolute atomic E-state index is 0.0776. The zero-order chi connectivity index (χ0) is 31.9. The van der Waals surface area contributed by atoms with E-state index in [0.717, 1.165) is 0 Å². The van der Waals surface area contributed by atoms with Gasteiger partial charge in [0.2, 0.25) is 11.7 Å². The molecule has 4 aromatic rings. The minimum atomic E-state index is -1.67. The number of carbonyl (C=O) groups excluding carboxylic acids is 2. The van der Waals surface area contributed by atoms with Crippen molar-refractivity contribution in [2.24, 2.45) is 11.7 Å². The standard InChI is InChI=1S/C32H30ClF2N5O5/c1-30(29(36)42)15-45-27-20(30)12-23(38-26(27)19-4-3-5-21(34)24(19)33)32(43,18-6-7-18)14-37-28(41)16-10-17-13-40(31(35)8-9-31)39-25(17)22(11-16)44-2/h3-5,10-13,18,43H,6-9,14-15H2,1-2H3,(H2,36,42)(H,37,41)/t30-,32?/m0/s1. The first-order valence-electron chi connectivity index (χ1n) is 14.6. The zero-order valence-corrected chi connectivity index (χ0v) is 25.3. The normalized spacial score (nSPS) is 21.1. The van der Waals surface area contributed by atoms with E-state index >= 15 is 0 Å². The van der Waals surface area contributed by atoms with E-state index in [2.05, 4.69) is 10.4 Å². The summed E-state index contributed by atoms with van der Waals surface area (Å²) in [5.74, 6) is -3.10. The van der Waals surface area contributed by atoms with Gasteiger partial charge in [-0.05, 0) is 49.9 Å². The minimum Gasteiger partial charge on any atom is -0.494 e. The summed E-state index contributed by atoms with van der Waals surface area (Å²) >= 11 is 6.35. The summed E-state index contributed by atoms with van der Waals surface area (Å²) < 4.78 is 41.9. The third-order valence-electron chi connectivity index (χ3n) is 9.17. The highest BCUT2D eigenvalue weighted by Crippen LogP contribution is 2.51. The summed E-state index contributed by atoms with van der Waals surface area (Å²) in [6, 6.07) is 8.92. The number of benzene rings is 2. The highest BCUT2D eigenvalue weighted by atomic mass is 35.5. The van der Waals surface area contributed by atoms with Gasteiger partial charge in [-0.3, -0.25) is 9.59 Å². The van der Waals surface area contributed by atoms with Crippen LogP contribution in [0, 0.1) is 11.7 Å². The Morgan fingerprint density at radius 2 is 2.04 bits per heavy atom. The van der Waals surface area contributed by atoms with Crippen LogP contribution in [0.1, 0.15) is 54.2 Å². The van der Waals surface area contributed by atoms with Gasteiger partial charge in [-0.2, -0.15) is 5.10 Å². The van der Waals surface area contributed by atoms with Gasteiger partial charge < -0.3 is 25.6 Å². The maximum Gasteiger partial charge on any atom is 0.251 e. The van der Waals surface area contributed by atoms with Crippen LogP contribution >= 0.6 is 11.6 Å². The number of hydrogen-bond acceptors (Lipinski definition) is 7. The molecule has 2 aliphatic carbocycles. The van der Waals surface area contributed by atoms with Crippen LogP contribution in [-0.4, -0.2) is 51.9 Å². The second kappa shape index (κ2) is 10.1. The van der Waals surface area contributed by atoms with E-state index < -0.39 is 34.4 Å². The van der Waals surface area contributed by atoms with Crippen LogP contribution in [0.25, 0.3) is 22.2 Å². The molecule has 2 amide bonds. The van der Waals surface area contributed by atoms with E-state index in [1.807, 2.05) is 0 Å². The van der Waals surface area contributed by atoms with E-state index in [1.54, 1.807) is 31.3 Å². The lowest BCUT2D eigenvalue weighted by Crippen LogP contribution is -2.44. The molecule has 3 heterocycles. The van der Waals surface area contributed by atoms with Crippen LogP contribution in [0.5, 0.6) is 11.5 Å². The van der Waals surface area contributed by atoms with Crippen LogP contribution in [0.2, 0.25) is 5.02 Å². The molecule has 2 atom stereocenters.